The van der Waals surface area contributed by atoms with Gasteiger partial charge in [0.15, 0.2) is 6.29 Å². The molecule has 0 saturated carbocycles. The van der Waals surface area contributed by atoms with Crippen molar-refractivity contribution in [2.24, 2.45) is 0 Å². The maximum atomic E-state index is 11.8. The molecule has 1 fully saturated rings. The average Bonchev–Trinajstić information content (AvgIpc) is 2.44. The summed E-state index contributed by atoms with van der Waals surface area (Å²) in [6, 6.07) is -1.03. The van der Waals surface area contributed by atoms with Gasteiger partial charge in [0.05, 0.1) is 0 Å². The van der Waals surface area contributed by atoms with E-state index < -0.39 is 61.0 Å². The van der Waals surface area contributed by atoms with E-state index >= 15 is 0 Å². The van der Waals surface area contributed by atoms with Crippen LogP contribution in [-0.4, -0.2) is 81.4 Å². The Balaban J connectivity index is 2.46. The van der Waals surface area contributed by atoms with Crippen LogP contribution in [0.5, 0.6) is 0 Å². The molecule has 0 aromatic heterocycles. The van der Waals surface area contributed by atoms with Crippen molar-refractivity contribution in [3.63, 3.8) is 0 Å². The second kappa shape index (κ2) is 8.08. The van der Waals surface area contributed by atoms with Gasteiger partial charge in [0.25, 0.3) is 0 Å². The minimum absolute atomic E-state index is 0.485. The molecule has 1 rings (SSSR count). The number of amides is 1. The Kier molecular flexibility index (Phi) is 6.93. The van der Waals surface area contributed by atoms with E-state index in [4.69, 9.17) is 14.2 Å². The summed E-state index contributed by atoms with van der Waals surface area (Å²) in [4.78, 5) is 23.4. The lowest BCUT2D eigenvalue weighted by molar-refractivity contribution is -0.287. The van der Waals surface area contributed by atoms with Gasteiger partial charge < -0.3 is 40.0 Å². The largest absolute Gasteiger partial charge is 0.461 e. The molecule has 1 saturated heterocycles. The Morgan fingerprint density at radius 2 is 1.71 bits per heavy atom. The van der Waals surface area contributed by atoms with Crippen molar-refractivity contribution < 1.29 is 44.2 Å². The highest BCUT2D eigenvalue weighted by Gasteiger charge is 2.43. The van der Waals surface area contributed by atoms with Crippen LogP contribution in [0.15, 0.2) is 0 Å². The molecule has 10 heteroatoms. The SMILES string of the molecule is CC(NC(=O)OC(C)(C)C)C(=O)OCC1OC(O)C(O)C(O)C1O. The van der Waals surface area contributed by atoms with Crippen LogP contribution in [0.25, 0.3) is 0 Å². The van der Waals surface area contributed by atoms with Crippen molar-refractivity contribution >= 4 is 12.1 Å². The van der Waals surface area contributed by atoms with Crippen molar-refractivity contribution in [3.8, 4) is 0 Å². The lowest BCUT2D eigenvalue weighted by atomic mass is 9.99. The zero-order chi connectivity index (χ0) is 18.7. The molecule has 5 N–H and O–H groups in total. The molecule has 1 amide bonds. The Hall–Kier alpha value is -1.46. The average molecular weight is 351 g/mol. The molecule has 24 heavy (non-hydrogen) atoms. The molecule has 0 bridgehead atoms. The van der Waals surface area contributed by atoms with Gasteiger partial charge in [0.2, 0.25) is 0 Å². The first kappa shape index (κ1) is 20.6. The molecule has 0 aromatic carbocycles. The number of carbonyl (C=O) groups excluding carboxylic acids is 2. The number of nitrogens with one attached hydrogen (secondary N) is 1. The standard InChI is InChI=1S/C14H25NO9/c1-6(15-13(21)24-14(2,3)4)11(19)22-5-7-8(16)9(17)10(18)12(20)23-7/h6-10,12,16-18,20H,5H2,1-4H3,(H,15,21). The third-order valence-corrected chi connectivity index (χ3v) is 3.16. The van der Waals surface area contributed by atoms with Gasteiger partial charge in [0, 0.05) is 0 Å². The summed E-state index contributed by atoms with van der Waals surface area (Å²) in [6.45, 7) is 5.90. The Bertz CT molecular complexity index is 450. The van der Waals surface area contributed by atoms with Gasteiger partial charge in [-0.1, -0.05) is 0 Å². The Morgan fingerprint density at radius 3 is 2.25 bits per heavy atom. The molecular weight excluding hydrogens is 326 g/mol. The summed E-state index contributed by atoms with van der Waals surface area (Å²) in [5.41, 5.74) is -0.721. The summed E-state index contributed by atoms with van der Waals surface area (Å²) < 4.78 is 14.7. The molecule has 6 unspecified atom stereocenters. The number of aliphatic hydroxyl groups excluding tert-OH is 4. The zero-order valence-electron chi connectivity index (χ0n) is 14.0. The van der Waals surface area contributed by atoms with Crippen molar-refractivity contribution in [1.82, 2.24) is 5.32 Å². The van der Waals surface area contributed by atoms with Gasteiger partial charge in [-0.3, -0.25) is 0 Å². The minimum atomic E-state index is -1.72. The zero-order valence-corrected chi connectivity index (χ0v) is 14.0. The first-order valence-electron chi connectivity index (χ1n) is 7.46. The fourth-order valence-electron chi connectivity index (χ4n) is 1.90. The van der Waals surface area contributed by atoms with Crippen molar-refractivity contribution in [1.29, 1.82) is 0 Å². The van der Waals surface area contributed by atoms with Crippen LogP contribution in [0.4, 0.5) is 4.79 Å². The predicted octanol–water partition coefficient (Wildman–Crippen LogP) is -1.76. The van der Waals surface area contributed by atoms with Crippen LogP contribution in [0.3, 0.4) is 0 Å². The third-order valence-electron chi connectivity index (χ3n) is 3.16. The first-order chi connectivity index (χ1) is 10.9. The van der Waals surface area contributed by atoms with Gasteiger partial charge in [-0.2, -0.15) is 0 Å². The van der Waals surface area contributed by atoms with E-state index in [9.17, 15) is 30.0 Å². The molecule has 6 atom stereocenters. The van der Waals surface area contributed by atoms with Crippen LogP contribution >= 0.6 is 0 Å². The molecule has 1 aliphatic heterocycles. The fraction of sp³-hybridized carbons (Fsp3) is 0.857. The normalized spacial score (nSPS) is 31.9. The number of alkyl carbamates (subject to hydrolysis) is 1. The maximum absolute atomic E-state index is 11.8. The fourth-order valence-corrected chi connectivity index (χ4v) is 1.90. The van der Waals surface area contributed by atoms with E-state index in [1.165, 1.54) is 6.92 Å². The summed E-state index contributed by atoms with van der Waals surface area (Å²) in [6.07, 6.45) is -8.60. The van der Waals surface area contributed by atoms with Gasteiger partial charge >= 0.3 is 12.1 Å². The number of hydrogen-bond acceptors (Lipinski definition) is 9. The summed E-state index contributed by atoms with van der Waals surface area (Å²) >= 11 is 0. The van der Waals surface area contributed by atoms with E-state index in [1.807, 2.05) is 0 Å². The molecule has 0 aliphatic carbocycles. The van der Waals surface area contributed by atoms with E-state index in [1.54, 1.807) is 20.8 Å². The smallest absolute Gasteiger partial charge is 0.408 e. The van der Waals surface area contributed by atoms with Gasteiger partial charge in [-0.05, 0) is 27.7 Å². The maximum Gasteiger partial charge on any atom is 0.408 e. The molecule has 0 radical (unpaired) electrons. The molecular formula is C14H25NO9. The predicted molar refractivity (Wildman–Crippen MR) is 78.7 cm³/mol. The third kappa shape index (κ3) is 5.87. The summed E-state index contributed by atoms with van der Waals surface area (Å²) in [5.74, 6) is -0.827. The number of ether oxygens (including phenoxy) is 3. The van der Waals surface area contributed by atoms with Crippen molar-refractivity contribution in [3.05, 3.63) is 0 Å². The summed E-state index contributed by atoms with van der Waals surface area (Å²) in [5, 5.41) is 40.3. The molecule has 0 aromatic rings. The molecule has 10 nitrogen and oxygen atoms in total. The molecule has 1 aliphatic rings. The number of rotatable bonds is 4. The summed E-state index contributed by atoms with van der Waals surface area (Å²) in [7, 11) is 0. The van der Waals surface area contributed by atoms with E-state index in [-0.39, 0.29) is 0 Å². The highest BCUT2D eigenvalue weighted by molar-refractivity contribution is 5.81. The highest BCUT2D eigenvalue weighted by Crippen LogP contribution is 2.20. The van der Waals surface area contributed by atoms with Crippen molar-refractivity contribution in [2.75, 3.05) is 6.61 Å². The van der Waals surface area contributed by atoms with Crippen molar-refractivity contribution in [2.45, 2.75) is 70.0 Å². The van der Waals surface area contributed by atoms with E-state index in [2.05, 4.69) is 5.32 Å². The van der Waals surface area contributed by atoms with Gasteiger partial charge in [-0.15, -0.1) is 0 Å². The monoisotopic (exact) mass is 351 g/mol. The number of hydrogen-bond donors (Lipinski definition) is 5. The highest BCUT2D eigenvalue weighted by atomic mass is 16.7. The van der Waals surface area contributed by atoms with Crippen LogP contribution in [-0.2, 0) is 19.0 Å². The lowest BCUT2D eigenvalue weighted by Gasteiger charge is -2.38. The number of esters is 1. The Labute approximate surface area is 139 Å². The second-order valence-electron chi connectivity index (χ2n) is 6.53. The van der Waals surface area contributed by atoms with E-state index in [0.717, 1.165) is 0 Å². The first-order valence-corrected chi connectivity index (χ1v) is 7.46. The van der Waals surface area contributed by atoms with E-state index in [0.29, 0.717) is 0 Å². The van der Waals surface area contributed by atoms with Crippen LogP contribution in [0.2, 0.25) is 0 Å². The molecule has 0 spiro atoms. The number of carbonyl (C=O) groups is 2. The van der Waals surface area contributed by atoms with Crippen LogP contribution < -0.4 is 5.32 Å². The Morgan fingerprint density at radius 1 is 1.12 bits per heavy atom. The van der Waals surface area contributed by atoms with Crippen LogP contribution in [0.1, 0.15) is 27.7 Å². The quantitative estimate of drug-likeness (QED) is 0.370. The van der Waals surface area contributed by atoms with Gasteiger partial charge in [-0.25, -0.2) is 9.59 Å². The number of aliphatic hydroxyl groups is 4. The lowest BCUT2D eigenvalue weighted by Crippen LogP contribution is -2.58. The van der Waals surface area contributed by atoms with Crippen LogP contribution in [0, 0.1) is 0 Å². The second-order valence-corrected chi connectivity index (χ2v) is 6.53. The van der Waals surface area contributed by atoms with Gasteiger partial charge in [0.1, 0.15) is 42.7 Å². The molecule has 140 valence electrons. The molecule has 1 heterocycles. The minimum Gasteiger partial charge on any atom is -0.461 e. The topological polar surface area (TPSA) is 155 Å².